The first-order chi connectivity index (χ1) is 13.4. The number of rotatable bonds is 4. The first-order valence-electron chi connectivity index (χ1n) is 8.64. The fourth-order valence-corrected chi connectivity index (χ4v) is 4.49. The summed E-state index contributed by atoms with van der Waals surface area (Å²) in [6, 6.07) is 15.8. The number of pyridine rings is 1. The van der Waals surface area contributed by atoms with Gasteiger partial charge in [0.2, 0.25) is 0 Å². The largest absolute Gasteiger partial charge is 0.495 e. The molecule has 0 amide bonds. The second-order valence-corrected chi connectivity index (χ2v) is 8.30. The molecule has 2 aromatic carbocycles. The van der Waals surface area contributed by atoms with Crippen LogP contribution in [0, 0.1) is 6.92 Å². The Morgan fingerprint density at radius 2 is 1.82 bits per heavy atom. The molecule has 0 spiro atoms. The summed E-state index contributed by atoms with van der Waals surface area (Å²) in [5, 5.41) is 0.725. The topological polar surface area (TPSA) is 87.2 Å². The average Bonchev–Trinajstić information content (AvgIpc) is 3.09. The molecule has 4 rings (SSSR count). The van der Waals surface area contributed by atoms with E-state index in [4.69, 9.17) is 10.5 Å². The van der Waals surface area contributed by atoms with Gasteiger partial charge in [0.15, 0.2) is 5.65 Å². The van der Waals surface area contributed by atoms with Crippen molar-refractivity contribution in [2.75, 3.05) is 12.8 Å². The molecule has 0 atom stereocenters. The van der Waals surface area contributed by atoms with Gasteiger partial charge in [-0.15, -0.1) is 0 Å². The van der Waals surface area contributed by atoms with Gasteiger partial charge in [-0.05, 0) is 48.9 Å². The van der Waals surface area contributed by atoms with Crippen molar-refractivity contribution in [3.8, 4) is 16.9 Å². The number of aryl methyl sites for hydroxylation is 1. The highest BCUT2D eigenvalue weighted by Crippen LogP contribution is 2.35. The second kappa shape index (κ2) is 6.69. The van der Waals surface area contributed by atoms with Crippen LogP contribution in [0.3, 0.4) is 0 Å². The summed E-state index contributed by atoms with van der Waals surface area (Å²) < 4.78 is 32.9. The number of aromatic nitrogens is 2. The third-order valence-electron chi connectivity index (χ3n) is 4.65. The normalized spacial score (nSPS) is 11.6. The molecule has 0 aliphatic rings. The van der Waals surface area contributed by atoms with Crippen LogP contribution >= 0.6 is 0 Å². The van der Waals surface area contributed by atoms with Crippen LogP contribution in [-0.4, -0.2) is 24.5 Å². The third-order valence-corrected chi connectivity index (χ3v) is 6.31. The summed E-state index contributed by atoms with van der Waals surface area (Å²) in [5.74, 6) is 0.567. The van der Waals surface area contributed by atoms with Gasteiger partial charge < -0.3 is 10.5 Å². The number of ether oxygens (including phenoxy) is 1. The van der Waals surface area contributed by atoms with Crippen molar-refractivity contribution < 1.29 is 13.2 Å². The van der Waals surface area contributed by atoms with E-state index in [0.717, 1.165) is 22.1 Å². The number of methoxy groups -OCH3 is 1. The quantitative estimate of drug-likeness (QED) is 0.532. The predicted molar refractivity (Wildman–Crippen MR) is 110 cm³/mol. The Bertz CT molecular complexity index is 1280. The van der Waals surface area contributed by atoms with Gasteiger partial charge in [0.1, 0.15) is 5.75 Å². The van der Waals surface area contributed by atoms with Crippen molar-refractivity contribution in [2.24, 2.45) is 0 Å². The van der Waals surface area contributed by atoms with Crippen LogP contribution in [0.15, 0.2) is 71.9 Å². The van der Waals surface area contributed by atoms with Crippen molar-refractivity contribution in [3.05, 3.63) is 72.6 Å². The van der Waals surface area contributed by atoms with E-state index < -0.39 is 10.0 Å². The number of hydrogen-bond acceptors (Lipinski definition) is 5. The van der Waals surface area contributed by atoms with Crippen molar-refractivity contribution in [3.63, 3.8) is 0 Å². The monoisotopic (exact) mass is 393 g/mol. The smallest absolute Gasteiger partial charge is 0.269 e. The first kappa shape index (κ1) is 18.1. The molecule has 0 fully saturated rings. The Morgan fingerprint density at radius 3 is 2.50 bits per heavy atom. The van der Waals surface area contributed by atoms with Crippen molar-refractivity contribution in [1.82, 2.24) is 8.96 Å². The Kier molecular flexibility index (Phi) is 4.31. The van der Waals surface area contributed by atoms with Crippen molar-refractivity contribution >= 4 is 26.7 Å². The van der Waals surface area contributed by atoms with E-state index in [0.29, 0.717) is 17.1 Å². The highest BCUT2D eigenvalue weighted by molar-refractivity contribution is 7.90. The van der Waals surface area contributed by atoms with Crippen LogP contribution in [0.4, 0.5) is 5.69 Å². The maximum atomic E-state index is 13.2. The van der Waals surface area contributed by atoms with Gasteiger partial charge in [-0.3, -0.25) is 0 Å². The summed E-state index contributed by atoms with van der Waals surface area (Å²) >= 11 is 0. The van der Waals surface area contributed by atoms with E-state index >= 15 is 0 Å². The molecule has 0 unspecified atom stereocenters. The number of benzene rings is 2. The minimum absolute atomic E-state index is 0.210. The number of hydrogen-bond donors (Lipinski definition) is 1. The maximum Gasteiger partial charge on any atom is 0.269 e. The van der Waals surface area contributed by atoms with E-state index in [9.17, 15) is 8.42 Å². The highest BCUT2D eigenvalue weighted by Gasteiger charge is 2.22. The zero-order valence-electron chi connectivity index (χ0n) is 15.5. The van der Waals surface area contributed by atoms with Gasteiger partial charge in [0.05, 0.1) is 17.7 Å². The highest BCUT2D eigenvalue weighted by atomic mass is 32.2. The fraction of sp³-hybridized carbons (Fsp3) is 0.0952. The van der Waals surface area contributed by atoms with Crippen molar-refractivity contribution in [2.45, 2.75) is 11.8 Å². The average molecular weight is 393 g/mol. The summed E-state index contributed by atoms with van der Waals surface area (Å²) in [7, 11) is -2.24. The zero-order chi connectivity index (χ0) is 19.9. The molecule has 2 heterocycles. The predicted octanol–water partition coefficient (Wildman–Crippen LogP) is 3.84. The molecule has 0 bridgehead atoms. The van der Waals surface area contributed by atoms with E-state index in [1.54, 1.807) is 62.0 Å². The molecule has 6 nitrogen and oxygen atoms in total. The molecule has 4 aromatic rings. The summed E-state index contributed by atoms with van der Waals surface area (Å²) in [6.07, 6.45) is 3.17. The van der Waals surface area contributed by atoms with E-state index in [-0.39, 0.29) is 4.90 Å². The van der Waals surface area contributed by atoms with E-state index in [1.165, 1.54) is 3.97 Å². The van der Waals surface area contributed by atoms with Gasteiger partial charge >= 0.3 is 0 Å². The Labute approximate surface area is 163 Å². The van der Waals surface area contributed by atoms with Gasteiger partial charge in [0.25, 0.3) is 10.0 Å². The fourth-order valence-electron chi connectivity index (χ4n) is 3.17. The van der Waals surface area contributed by atoms with Crippen molar-refractivity contribution in [1.29, 1.82) is 0 Å². The minimum atomic E-state index is -3.79. The first-order valence-corrected chi connectivity index (χ1v) is 10.1. The maximum absolute atomic E-state index is 13.2. The van der Waals surface area contributed by atoms with Crippen LogP contribution in [0.1, 0.15) is 5.56 Å². The molecular formula is C21H19N3O3S. The van der Waals surface area contributed by atoms with Crippen LogP contribution in [0.2, 0.25) is 0 Å². The second-order valence-electron chi connectivity index (χ2n) is 6.49. The Balaban J connectivity index is 1.95. The van der Waals surface area contributed by atoms with Crippen LogP contribution in [0.5, 0.6) is 5.75 Å². The van der Waals surface area contributed by atoms with Gasteiger partial charge in [0, 0.05) is 23.3 Å². The lowest BCUT2D eigenvalue weighted by atomic mass is 10.1. The molecular weight excluding hydrogens is 374 g/mol. The number of nitrogens with zero attached hydrogens (tertiary/aromatic N) is 2. The van der Waals surface area contributed by atoms with E-state index in [2.05, 4.69) is 4.98 Å². The lowest BCUT2D eigenvalue weighted by Crippen LogP contribution is -2.12. The zero-order valence-corrected chi connectivity index (χ0v) is 16.3. The molecule has 28 heavy (non-hydrogen) atoms. The molecule has 0 saturated carbocycles. The molecule has 2 N–H and O–H groups in total. The summed E-state index contributed by atoms with van der Waals surface area (Å²) in [6.45, 7) is 1.91. The summed E-state index contributed by atoms with van der Waals surface area (Å²) in [5.41, 5.74) is 9.40. The summed E-state index contributed by atoms with van der Waals surface area (Å²) in [4.78, 5) is 4.53. The minimum Gasteiger partial charge on any atom is -0.495 e. The lowest BCUT2D eigenvalue weighted by Gasteiger charge is -2.07. The van der Waals surface area contributed by atoms with E-state index in [1.807, 2.05) is 19.1 Å². The molecule has 0 saturated heterocycles. The molecule has 2 aromatic heterocycles. The van der Waals surface area contributed by atoms with Crippen LogP contribution < -0.4 is 10.5 Å². The molecule has 7 heteroatoms. The van der Waals surface area contributed by atoms with Gasteiger partial charge in [-0.1, -0.05) is 23.8 Å². The molecule has 0 aliphatic carbocycles. The molecule has 142 valence electrons. The number of nitrogen functional groups attached to an aromatic ring is 1. The Morgan fingerprint density at radius 1 is 1.07 bits per heavy atom. The molecule has 0 aliphatic heterocycles. The van der Waals surface area contributed by atoms with Crippen LogP contribution in [-0.2, 0) is 10.0 Å². The third kappa shape index (κ3) is 2.90. The number of fused-ring (bicyclic) bond motifs is 1. The number of anilines is 1. The van der Waals surface area contributed by atoms with Gasteiger partial charge in [-0.25, -0.2) is 17.4 Å². The van der Waals surface area contributed by atoms with Crippen LogP contribution in [0.25, 0.3) is 22.2 Å². The SMILES string of the molecule is COc1ccc(-c2cn(S(=O)(=O)c3ccc(C)cc3)c3ncccc23)cc1N. The lowest BCUT2D eigenvalue weighted by molar-refractivity contribution is 0.417. The molecule has 0 radical (unpaired) electrons. The standard InChI is InChI=1S/C21H19N3O3S/c1-14-5-8-16(9-6-14)28(25,26)24-13-18(17-4-3-11-23-21(17)24)15-7-10-20(27-2)19(22)12-15/h3-13H,22H2,1-2H3. The van der Waals surface area contributed by atoms with Gasteiger partial charge in [-0.2, -0.15) is 0 Å². The number of nitrogens with two attached hydrogens (primary N) is 1. The Hall–Kier alpha value is -3.32.